The van der Waals surface area contributed by atoms with Gasteiger partial charge < -0.3 is 15.8 Å². The lowest BCUT2D eigenvalue weighted by Gasteiger charge is -2.06. The lowest BCUT2D eigenvalue weighted by atomic mass is 10.1. The smallest absolute Gasteiger partial charge is 0.251 e. The molecule has 0 aliphatic carbocycles. The van der Waals surface area contributed by atoms with E-state index in [4.69, 9.17) is 10.5 Å². The fraction of sp³-hybridized carbons (Fsp3) is 0.357. The minimum absolute atomic E-state index is 0.0995. The summed E-state index contributed by atoms with van der Waals surface area (Å²) >= 11 is 0. The first-order valence-electron chi connectivity index (χ1n) is 5.93. The molecule has 0 spiro atoms. The summed E-state index contributed by atoms with van der Waals surface area (Å²) in [6.07, 6.45) is 0. The molecule has 0 saturated carbocycles. The molecule has 1 aromatic carbocycles. The molecule has 0 aliphatic heterocycles. The van der Waals surface area contributed by atoms with Crippen LogP contribution in [0.5, 0.6) is 0 Å². The van der Waals surface area contributed by atoms with Crippen molar-refractivity contribution < 1.29 is 9.53 Å². The highest BCUT2D eigenvalue weighted by Crippen LogP contribution is 2.03. The van der Waals surface area contributed by atoms with Gasteiger partial charge in [-0.25, -0.2) is 0 Å². The number of carbonyl (C=O) groups excluding carboxylic acids is 1. The van der Waals surface area contributed by atoms with E-state index in [9.17, 15) is 4.79 Å². The number of benzene rings is 1. The second kappa shape index (κ2) is 7.63. The zero-order valence-electron chi connectivity index (χ0n) is 10.7. The van der Waals surface area contributed by atoms with Crippen LogP contribution in [0.4, 0.5) is 0 Å². The zero-order chi connectivity index (χ0) is 13.4. The molecule has 0 aromatic heterocycles. The molecule has 1 amide bonds. The lowest BCUT2D eigenvalue weighted by molar-refractivity contribution is 0.0927. The molecule has 0 bridgehead atoms. The predicted octanol–water partition coefficient (Wildman–Crippen LogP) is 1.47. The van der Waals surface area contributed by atoms with Gasteiger partial charge >= 0.3 is 0 Å². The van der Waals surface area contributed by atoms with Gasteiger partial charge in [-0.3, -0.25) is 4.79 Å². The highest BCUT2D eigenvalue weighted by atomic mass is 16.5. The monoisotopic (exact) mass is 248 g/mol. The number of nitrogens with two attached hydrogens (primary N) is 1. The number of hydrogen-bond acceptors (Lipinski definition) is 3. The third-order valence-electron chi connectivity index (χ3n) is 2.33. The maximum Gasteiger partial charge on any atom is 0.251 e. The Morgan fingerprint density at radius 2 is 2.06 bits per heavy atom. The van der Waals surface area contributed by atoms with Gasteiger partial charge in [-0.2, -0.15) is 0 Å². The molecule has 1 aromatic rings. The summed E-state index contributed by atoms with van der Waals surface area (Å²) in [5.74, 6) is -0.0995. The minimum atomic E-state index is -0.0995. The Balaban J connectivity index is 2.29. The maximum absolute atomic E-state index is 11.7. The van der Waals surface area contributed by atoms with Gasteiger partial charge in [-0.1, -0.05) is 24.3 Å². The van der Waals surface area contributed by atoms with Gasteiger partial charge in [-0.15, -0.1) is 0 Å². The highest BCUT2D eigenvalue weighted by molar-refractivity contribution is 5.94. The van der Waals surface area contributed by atoms with E-state index in [0.29, 0.717) is 31.9 Å². The van der Waals surface area contributed by atoms with Crippen molar-refractivity contribution in [1.82, 2.24) is 5.32 Å². The van der Waals surface area contributed by atoms with Gasteiger partial charge in [0.2, 0.25) is 0 Å². The first-order chi connectivity index (χ1) is 8.63. The topological polar surface area (TPSA) is 64.3 Å². The van der Waals surface area contributed by atoms with E-state index in [1.807, 2.05) is 19.1 Å². The Morgan fingerprint density at radius 3 is 2.61 bits per heavy atom. The Morgan fingerprint density at radius 1 is 1.39 bits per heavy atom. The van der Waals surface area contributed by atoms with Crippen LogP contribution in [-0.2, 0) is 11.3 Å². The van der Waals surface area contributed by atoms with Crippen LogP contribution in [0.1, 0.15) is 22.8 Å². The van der Waals surface area contributed by atoms with Crippen molar-refractivity contribution >= 4 is 5.91 Å². The van der Waals surface area contributed by atoms with Gasteiger partial charge in [-0.05, 0) is 24.6 Å². The van der Waals surface area contributed by atoms with Crippen molar-refractivity contribution in [1.29, 1.82) is 0 Å². The molecule has 0 radical (unpaired) electrons. The Bertz CT molecular complexity index is 399. The van der Waals surface area contributed by atoms with E-state index in [1.165, 1.54) is 0 Å². The SMILES string of the molecule is C=C(C)COCCNC(=O)c1ccc(CN)cc1. The quantitative estimate of drug-likeness (QED) is 0.567. The van der Waals surface area contributed by atoms with Gasteiger partial charge in [0.25, 0.3) is 5.91 Å². The van der Waals surface area contributed by atoms with Crippen LogP contribution in [0.25, 0.3) is 0 Å². The highest BCUT2D eigenvalue weighted by Gasteiger charge is 2.03. The third-order valence-corrected chi connectivity index (χ3v) is 2.33. The van der Waals surface area contributed by atoms with Crippen LogP contribution < -0.4 is 11.1 Å². The number of amides is 1. The lowest BCUT2D eigenvalue weighted by Crippen LogP contribution is -2.27. The van der Waals surface area contributed by atoms with Crippen molar-refractivity contribution in [3.05, 3.63) is 47.5 Å². The molecule has 18 heavy (non-hydrogen) atoms. The van der Waals surface area contributed by atoms with Crippen LogP contribution in [0, 0.1) is 0 Å². The molecule has 98 valence electrons. The largest absolute Gasteiger partial charge is 0.375 e. The Kier molecular flexibility index (Phi) is 6.11. The first-order valence-corrected chi connectivity index (χ1v) is 5.93. The van der Waals surface area contributed by atoms with E-state index in [1.54, 1.807) is 12.1 Å². The molecule has 0 fully saturated rings. The zero-order valence-corrected chi connectivity index (χ0v) is 10.7. The van der Waals surface area contributed by atoms with Crippen LogP contribution in [-0.4, -0.2) is 25.7 Å². The third kappa shape index (κ3) is 5.12. The van der Waals surface area contributed by atoms with Crippen LogP contribution >= 0.6 is 0 Å². The van der Waals surface area contributed by atoms with E-state index < -0.39 is 0 Å². The van der Waals surface area contributed by atoms with Gasteiger partial charge in [0.1, 0.15) is 0 Å². The molecule has 3 N–H and O–H groups in total. The van der Waals surface area contributed by atoms with Crippen molar-refractivity contribution in [2.45, 2.75) is 13.5 Å². The van der Waals surface area contributed by atoms with E-state index in [-0.39, 0.29) is 5.91 Å². The fourth-order valence-electron chi connectivity index (χ4n) is 1.38. The van der Waals surface area contributed by atoms with E-state index >= 15 is 0 Å². The summed E-state index contributed by atoms with van der Waals surface area (Å²) in [7, 11) is 0. The minimum Gasteiger partial charge on any atom is -0.375 e. The van der Waals surface area contributed by atoms with Gasteiger partial charge in [0, 0.05) is 18.7 Å². The summed E-state index contributed by atoms with van der Waals surface area (Å²) in [5, 5.41) is 2.79. The molecule has 0 saturated heterocycles. The Labute approximate surface area is 108 Å². The number of nitrogens with one attached hydrogen (secondary N) is 1. The average molecular weight is 248 g/mol. The number of rotatable bonds is 7. The second-order valence-corrected chi connectivity index (χ2v) is 4.17. The summed E-state index contributed by atoms with van der Waals surface area (Å²) < 4.78 is 5.29. The van der Waals surface area contributed by atoms with Crippen molar-refractivity contribution in [3.63, 3.8) is 0 Å². The molecule has 0 unspecified atom stereocenters. The maximum atomic E-state index is 11.7. The predicted molar refractivity (Wildman–Crippen MR) is 72.3 cm³/mol. The normalized spacial score (nSPS) is 10.1. The van der Waals surface area contributed by atoms with Crippen LogP contribution in [0.15, 0.2) is 36.4 Å². The molecular formula is C14H20N2O2. The molecule has 0 aliphatic rings. The fourth-order valence-corrected chi connectivity index (χ4v) is 1.38. The summed E-state index contributed by atoms with van der Waals surface area (Å²) in [6.45, 7) is 7.62. The molecule has 1 rings (SSSR count). The summed E-state index contributed by atoms with van der Waals surface area (Å²) in [6, 6.07) is 7.25. The number of hydrogen-bond donors (Lipinski definition) is 2. The van der Waals surface area contributed by atoms with Gasteiger partial charge in [0.15, 0.2) is 0 Å². The van der Waals surface area contributed by atoms with E-state index in [2.05, 4.69) is 11.9 Å². The number of ether oxygens (including phenoxy) is 1. The van der Waals surface area contributed by atoms with Crippen molar-refractivity contribution in [2.75, 3.05) is 19.8 Å². The molecular weight excluding hydrogens is 228 g/mol. The average Bonchev–Trinajstić information content (AvgIpc) is 2.38. The van der Waals surface area contributed by atoms with Crippen molar-refractivity contribution in [3.8, 4) is 0 Å². The first kappa shape index (κ1) is 14.4. The standard InChI is InChI=1S/C14H20N2O2/c1-11(2)10-18-8-7-16-14(17)13-5-3-12(9-15)4-6-13/h3-6H,1,7-10,15H2,2H3,(H,16,17). The van der Waals surface area contributed by atoms with Crippen LogP contribution in [0.3, 0.4) is 0 Å². The summed E-state index contributed by atoms with van der Waals surface area (Å²) in [4.78, 5) is 11.7. The second-order valence-electron chi connectivity index (χ2n) is 4.17. The number of carbonyl (C=O) groups is 1. The van der Waals surface area contributed by atoms with Gasteiger partial charge in [0.05, 0.1) is 13.2 Å². The molecule has 4 nitrogen and oxygen atoms in total. The molecule has 4 heteroatoms. The van der Waals surface area contributed by atoms with Crippen LogP contribution in [0.2, 0.25) is 0 Å². The molecule has 0 atom stereocenters. The Hall–Kier alpha value is -1.65. The van der Waals surface area contributed by atoms with E-state index in [0.717, 1.165) is 11.1 Å². The summed E-state index contributed by atoms with van der Waals surface area (Å²) in [5.41, 5.74) is 8.10. The molecule has 0 heterocycles. The van der Waals surface area contributed by atoms with Crippen molar-refractivity contribution in [2.24, 2.45) is 5.73 Å².